The summed E-state index contributed by atoms with van der Waals surface area (Å²) in [7, 11) is 0. The predicted octanol–water partition coefficient (Wildman–Crippen LogP) is 5.06. The molecule has 1 saturated heterocycles. The van der Waals surface area contributed by atoms with Crippen LogP contribution in [0.2, 0.25) is 5.02 Å². The molecule has 2 heterocycles. The Labute approximate surface area is 226 Å². The quantitative estimate of drug-likeness (QED) is 0.269. The zero-order chi connectivity index (χ0) is 26.8. The standard InChI is InChI=1S/C27H22ClN5O4S/c1-17-7-12-22(33(36)37)14-23(17)31-15-19(13-25(31)34)26(35)29-30-27-32(21-5-3-2-4-6-21)24(16-38-27)18-8-10-20(28)11-9-18/h2-12,14,16,19H,13,15H2,1H3,(H,29,35). The van der Waals surface area contributed by atoms with Crippen molar-refractivity contribution in [1.29, 1.82) is 0 Å². The molecule has 1 aromatic heterocycles. The van der Waals surface area contributed by atoms with Gasteiger partial charge in [0.05, 0.1) is 22.2 Å². The van der Waals surface area contributed by atoms with Crippen LogP contribution in [0.25, 0.3) is 16.9 Å². The summed E-state index contributed by atoms with van der Waals surface area (Å²) in [6, 6.07) is 21.5. The van der Waals surface area contributed by atoms with Crippen molar-refractivity contribution >= 4 is 46.1 Å². The topological polar surface area (TPSA) is 110 Å². The Hall–Kier alpha value is -4.28. The number of nitrogens with zero attached hydrogens (tertiary/aromatic N) is 4. The van der Waals surface area contributed by atoms with Crippen LogP contribution in [0.4, 0.5) is 11.4 Å². The predicted molar refractivity (Wildman–Crippen MR) is 146 cm³/mol. The fraction of sp³-hybridized carbons (Fsp3) is 0.148. The number of rotatable bonds is 6. The van der Waals surface area contributed by atoms with E-state index in [-0.39, 0.29) is 24.6 Å². The first-order valence-corrected chi connectivity index (χ1v) is 13.0. The van der Waals surface area contributed by atoms with E-state index in [1.54, 1.807) is 13.0 Å². The second-order valence-corrected chi connectivity index (χ2v) is 10.1. The highest BCUT2D eigenvalue weighted by Crippen LogP contribution is 2.31. The molecule has 3 aromatic carbocycles. The van der Waals surface area contributed by atoms with Gasteiger partial charge >= 0.3 is 0 Å². The molecule has 1 atom stereocenters. The van der Waals surface area contributed by atoms with E-state index >= 15 is 0 Å². The second kappa shape index (κ2) is 10.6. The minimum Gasteiger partial charge on any atom is -0.311 e. The zero-order valence-corrected chi connectivity index (χ0v) is 21.8. The van der Waals surface area contributed by atoms with Gasteiger partial charge < -0.3 is 4.90 Å². The lowest BCUT2D eigenvalue weighted by molar-refractivity contribution is -0.384. The third-order valence-electron chi connectivity index (χ3n) is 6.31. The molecule has 5 rings (SSSR count). The second-order valence-electron chi connectivity index (χ2n) is 8.80. The number of carbonyl (C=O) groups excluding carboxylic acids is 2. The molecule has 192 valence electrons. The smallest absolute Gasteiger partial charge is 0.271 e. The van der Waals surface area contributed by atoms with E-state index in [1.807, 2.05) is 64.5 Å². The van der Waals surface area contributed by atoms with Gasteiger partial charge in [0.2, 0.25) is 16.6 Å². The number of aromatic nitrogens is 1. The Kier molecular flexibility index (Phi) is 7.08. The average molecular weight is 548 g/mol. The molecule has 1 aliphatic heterocycles. The number of halogens is 1. The van der Waals surface area contributed by atoms with Crippen LogP contribution in [0.5, 0.6) is 0 Å². The third-order valence-corrected chi connectivity index (χ3v) is 7.39. The SMILES string of the molecule is Cc1ccc([N+](=O)[O-])cc1N1CC(C(=O)NN=c2scc(-c3ccc(Cl)cc3)n2-c2ccccc2)CC1=O. The summed E-state index contributed by atoms with van der Waals surface area (Å²) in [5, 5.41) is 18.2. The Balaban J connectivity index is 1.41. The molecular weight excluding hydrogens is 526 g/mol. The summed E-state index contributed by atoms with van der Waals surface area (Å²) in [5.74, 6) is -1.31. The number of aryl methyl sites for hydroxylation is 1. The zero-order valence-electron chi connectivity index (χ0n) is 20.2. The maximum absolute atomic E-state index is 13.1. The molecule has 0 bridgehead atoms. The van der Waals surface area contributed by atoms with E-state index in [4.69, 9.17) is 11.6 Å². The third kappa shape index (κ3) is 5.09. The molecule has 38 heavy (non-hydrogen) atoms. The average Bonchev–Trinajstić information content (AvgIpc) is 3.52. The summed E-state index contributed by atoms with van der Waals surface area (Å²) < 4.78 is 1.94. The molecule has 2 amide bonds. The number of carbonyl (C=O) groups is 2. The Bertz CT molecular complexity index is 1600. The largest absolute Gasteiger partial charge is 0.311 e. The van der Waals surface area contributed by atoms with Gasteiger partial charge in [0.15, 0.2) is 0 Å². The maximum atomic E-state index is 13.1. The summed E-state index contributed by atoms with van der Waals surface area (Å²) in [6.07, 6.45) is -0.0113. The van der Waals surface area contributed by atoms with E-state index in [0.717, 1.165) is 16.9 Å². The molecule has 1 N–H and O–H groups in total. The fourth-order valence-corrected chi connectivity index (χ4v) is 5.34. The molecule has 4 aromatic rings. The first-order chi connectivity index (χ1) is 18.3. The molecular formula is C27H22ClN5O4S. The van der Waals surface area contributed by atoms with Crippen molar-refractivity contribution in [2.45, 2.75) is 13.3 Å². The molecule has 0 saturated carbocycles. The number of para-hydroxylation sites is 1. The van der Waals surface area contributed by atoms with Gasteiger partial charge in [0.25, 0.3) is 5.69 Å². The highest BCUT2D eigenvalue weighted by molar-refractivity contribution is 7.07. The Morgan fingerprint density at radius 2 is 1.87 bits per heavy atom. The van der Waals surface area contributed by atoms with Crippen molar-refractivity contribution in [3.63, 3.8) is 0 Å². The molecule has 0 aliphatic carbocycles. The minimum absolute atomic E-state index is 0.0113. The lowest BCUT2D eigenvalue weighted by Crippen LogP contribution is -2.32. The monoisotopic (exact) mass is 547 g/mol. The number of hydrogen-bond donors (Lipinski definition) is 1. The molecule has 1 aliphatic rings. The van der Waals surface area contributed by atoms with Crippen molar-refractivity contribution in [1.82, 2.24) is 9.99 Å². The normalized spacial score (nSPS) is 15.6. The van der Waals surface area contributed by atoms with Crippen molar-refractivity contribution in [3.8, 4) is 16.9 Å². The summed E-state index contributed by atoms with van der Waals surface area (Å²) in [5.41, 5.74) is 6.36. The Morgan fingerprint density at radius 3 is 2.58 bits per heavy atom. The molecule has 11 heteroatoms. The van der Waals surface area contributed by atoms with Gasteiger partial charge in [-0.3, -0.25) is 24.3 Å². The molecule has 0 spiro atoms. The molecule has 0 radical (unpaired) electrons. The van der Waals surface area contributed by atoms with Crippen molar-refractivity contribution in [3.05, 3.63) is 104 Å². The lowest BCUT2D eigenvalue weighted by Gasteiger charge is -2.18. The molecule has 9 nitrogen and oxygen atoms in total. The van der Waals surface area contributed by atoms with Crippen LogP contribution in [0.15, 0.2) is 83.3 Å². The van der Waals surface area contributed by atoms with Crippen molar-refractivity contribution in [2.24, 2.45) is 11.0 Å². The van der Waals surface area contributed by atoms with Crippen molar-refractivity contribution in [2.75, 3.05) is 11.4 Å². The van der Waals surface area contributed by atoms with Gasteiger partial charge in [-0.15, -0.1) is 16.4 Å². The molecule has 1 unspecified atom stereocenters. The number of benzene rings is 3. The highest BCUT2D eigenvalue weighted by Gasteiger charge is 2.36. The molecule has 1 fully saturated rings. The number of non-ortho nitro benzene ring substituents is 1. The summed E-state index contributed by atoms with van der Waals surface area (Å²) in [6.45, 7) is 1.88. The van der Waals surface area contributed by atoms with Crippen LogP contribution >= 0.6 is 22.9 Å². The minimum atomic E-state index is -0.647. The number of hydrogen-bond acceptors (Lipinski definition) is 6. The lowest BCUT2D eigenvalue weighted by atomic mass is 10.1. The van der Waals surface area contributed by atoms with E-state index in [2.05, 4.69) is 10.5 Å². The van der Waals surface area contributed by atoms with Crippen LogP contribution in [0.3, 0.4) is 0 Å². The van der Waals surface area contributed by atoms with Gasteiger partial charge in [-0.25, -0.2) is 5.43 Å². The van der Waals surface area contributed by atoms with Gasteiger partial charge in [-0.2, -0.15) is 0 Å². The van der Waals surface area contributed by atoms with Crippen LogP contribution in [-0.2, 0) is 9.59 Å². The van der Waals surface area contributed by atoms with Crippen molar-refractivity contribution < 1.29 is 14.5 Å². The van der Waals surface area contributed by atoms with Crippen LogP contribution in [0.1, 0.15) is 12.0 Å². The maximum Gasteiger partial charge on any atom is 0.271 e. The fourth-order valence-electron chi connectivity index (χ4n) is 4.35. The van der Waals surface area contributed by atoms with E-state index in [1.165, 1.54) is 28.4 Å². The van der Waals surface area contributed by atoms with Gasteiger partial charge in [-0.05, 0) is 42.3 Å². The van der Waals surface area contributed by atoms with Gasteiger partial charge in [0, 0.05) is 41.2 Å². The van der Waals surface area contributed by atoms with E-state index in [0.29, 0.717) is 21.1 Å². The van der Waals surface area contributed by atoms with Crippen LogP contribution in [-0.4, -0.2) is 27.8 Å². The van der Waals surface area contributed by atoms with E-state index in [9.17, 15) is 19.7 Å². The summed E-state index contributed by atoms with van der Waals surface area (Å²) >= 11 is 7.44. The van der Waals surface area contributed by atoms with Crippen LogP contribution < -0.4 is 15.1 Å². The number of nitrogens with one attached hydrogen (secondary N) is 1. The van der Waals surface area contributed by atoms with Gasteiger partial charge in [0.1, 0.15) is 0 Å². The number of amides is 2. The number of nitro groups is 1. The number of nitro benzene ring substituents is 1. The van der Waals surface area contributed by atoms with Crippen LogP contribution in [0, 0.1) is 23.0 Å². The summed E-state index contributed by atoms with van der Waals surface area (Å²) in [4.78, 5) is 38.5. The first kappa shape index (κ1) is 25.4. The first-order valence-electron chi connectivity index (χ1n) is 11.7. The Morgan fingerprint density at radius 1 is 1.13 bits per heavy atom. The van der Waals surface area contributed by atoms with E-state index < -0.39 is 16.7 Å². The van der Waals surface area contributed by atoms with Gasteiger partial charge in [-0.1, -0.05) is 48.0 Å². The number of thiazole rings is 1. The highest BCUT2D eigenvalue weighted by atomic mass is 35.5. The number of anilines is 1.